The minimum absolute atomic E-state index is 0.168. The van der Waals surface area contributed by atoms with Crippen molar-refractivity contribution in [2.45, 2.75) is 45.6 Å². The quantitative estimate of drug-likeness (QED) is 0.760. The minimum atomic E-state index is 0.168. The van der Waals surface area contributed by atoms with Gasteiger partial charge in [-0.3, -0.25) is 0 Å². The Labute approximate surface area is 116 Å². The molecule has 0 fully saturated rings. The SMILES string of the molecule is CCC(CC(CN)CO)c1ccc(OC(C)C)cc1. The van der Waals surface area contributed by atoms with Gasteiger partial charge in [0.25, 0.3) is 0 Å². The summed E-state index contributed by atoms with van der Waals surface area (Å²) in [7, 11) is 0. The molecule has 0 amide bonds. The molecule has 0 aliphatic rings. The highest BCUT2D eigenvalue weighted by Gasteiger charge is 2.15. The Morgan fingerprint density at radius 3 is 2.26 bits per heavy atom. The number of benzene rings is 1. The summed E-state index contributed by atoms with van der Waals surface area (Å²) >= 11 is 0. The number of nitrogens with two attached hydrogens (primary N) is 1. The molecule has 3 nitrogen and oxygen atoms in total. The molecule has 3 heteroatoms. The molecule has 0 radical (unpaired) electrons. The molecule has 0 aliphatic heterocycles. The van der Waals surface area contributed by atoms with Gasteiger partial charge in [-0.2, -0.15) is 0 Å². The van der Waals surface area contributed by atoms with Crippen LogP contribution in [0.4, 0.5) is 0 Å². The van der Waals surface area contributed by atoms with Crippen LogP contribution in [-0.4, -0.2) is 24.4 Å². The van der Waals surface area contributed by atoms with E-state index in [2.05, 4.69) is 19.1 Å². The Hall–Kier alpha value is -1.06. The topological polar surface area (TPSA) is 55.5 Å². The van der Waals surface area contributed by atoms with Crippen LogP contribution in [0.1, 0.15) is 45.1 Å². The molecule has 2 unspecified atom stereocenters. The van der Waals surface area contributed by atoms with E-state index in [1.54, 1.807) is 0 Å². The Morgan fingerprint density at radius 2 is 1.84 bits per heavy atom. The van der Waals surface area contributed by atoms with Gasteiger partial charge >= 0.3 is 0 Å². The molecular weight excluding hydrogens is 238 g/mol. The highest BCUT2D eigenvalue weighted by atomic mass is 16.5. The maximum atomic E-state index is 9.26. The summed E-state index contributed by atoms with van der Waals surface area (Å²) in [4.78, 5) is 0. The number of hydrogen-bond acceptors (Lipinski definition) is 3. The van der Waals surface area contributed by atoms with E-state index in [0.717, 1.165) is 18.6 Å². The Bertz CT molecular complexity index is 344. The van der Waals surface area contributed by atoms with Gasteiger partial charge in [-0.05, 0) is 62.8 Å². The van der Waals surface area contributed by atoms with Crippen molar-refractivity contribution in [2.75, 3.05) is 13.2 Å². The third-order valence-electron chi connectivity index (χ3n) is 3.43. The van der Waals surface area contributed by atoms with E-state index >= 15 is 0 Å². The second-order valence-electron chi connectivity index (χ2n) is 5.36. The third kappa shape index (κ3) is 5.21. The van der Waals surface area contributed by atoms with Crippen LogP contribution in [0.15, 0.2) is 24.3 Å². The predicted octanol–water partition coefficient (Wildman–Crippen LogP) is 2.92. The summed E-state index contributed by atoms with van der Waals surface area (Å²) < 4.78 is 5.65. The Morgan fingerprint density at radius 1 is 1.21 bits per heavy atom. The van der Waals surface area contributed by atoms with E-state index < -0.39 is 0 Å². The molecule has 0 heterocycles. The molecule has 0 saturated carbocycles. The maximum Gasteiger partial charge on any atom is 0.119 e. The number of ether oxygens (including phenoxy) is 1. The van der Waals surface area contributed by atoms with Crippen LogP contribution in [0.3, 0.4) is 0 Å². The van der Waals surface area contributed by atoms with Crippen molar-refractivity contribution in [3.05, 3.63) is 29.8 Å². The number of rotatable bonds is 8. The van der Waals surface area contributed by atoms with E-state index in [0.29, 0.717) is 12.5 Å². The fourth-order valence-electron chi connectivity index (χ4n) is 2.28. The van der Waals surface area contributed by atoms with Crippen molar-refractivity contribution in [1.29, 1.82) is 0 Å². The zero-order valence-corrected chi connectivity index (χ0v) is 12.3. The van der Waals surface area contributed by atoms with Gasteiger partial charge in [-0.1, -0.05) is 19.1 Å². The molecule has 0 bridgehead atoms. The average molecular weight is 265 g/mol. The molecule has 0 saturated heterocycles. The third-order valence-corrected chi connectivity index (χ3v) is 3.43. The van der Waals surface area contributed by atoms with Crippen LogP contribution in [0, 0.1) is 5.92 Å². The molecule has 0 spiro atoms. The number of aliphatic hydroxyl groups is 1. The van der Waals surface area contributed by atoms with E-state index in [1.165, 1.54) is 5.56 Å². The molecule has 1 aromatic rings. The van der Waals surface area contributed by atoms with Crippen molar-refractivity contribution in [1.82, 2.24) is 0 Å². The maximum absolute atomic E-state index is 9.26. The molecule has 1 rings (SSSR count). The molecule has 0 aliphatic carbocycles. The van der Waals surface area contributed by atoms with Crippen LogP contribution in [0.2, 0.25) is 0 Å². The fourth-order valence-corrected chi connectivity index (χ4v) is 2.28. The first-order valence-electron chi connectivity index (χ1n) is 7.18. The molecule has 2 atom stereocenters. The summed E-state index contributed by atoms with van der Waals surface area (Å²) in [5.74, 6) is 1.55. The molecule has 0 aromatic heterocycles. The summed E-state index contributed by atoms with van der Waals surface area (Å²) in [5, 5.41) is 9.26. The lowest BCUT2D eigenvalue weighted by molar-refractivity contribution is 0.214. The van der Waals surface area contributed by atoms with Gasteiger partial charge in [-0.15, -0.1) is 0 Å². The summed E-state index contributed by atoms with van der Waals surface area (Å²) in [6, 6.07) is 8.29. The molecule has 1 aromatic carbocycles. The summed E-state index contributed by atoms with van der Waals surface area (Å²) in [5.41, 5.74) is 6.96. The Balaban J connectivity index is 2.70. The monoisotopic (exact) mass is 265 g/mol. The number of aliphatic hydroxyl groups excluding tert-OH is 1. The van der Waals surface area contributed by atoms with Gasteiger partial charge in [0.15, 0.2) is 0 Å². The van der Waals surface area contributed by atoms with Crippen LogP contribution < -0.4 is 10.5 Å². The van der Waals surface area contributed by atoms with Gasteiger partial charge in [0.1, 0.15) is 5.75 Å². The average Bonchev–Trinajstić information content (AvgIpc) is 2.41. The van der Waals surface area contributed by atoms with Gasteiger partial charge in [0.05, 0.1) is 6.10 Å². The Kier molecular flexibility index (Phi) is 6.89. The lowest BCUT2D eigenvalue weighted by atomic mass is 9.87. The predicted molar refractivity (Wildman–Crippen MR) is 79.5 cm³/mol. The standard InChI is InChI=1S/C16H27NO2/c1-4-14(9-13(10-17)11-18)15-5-7-16(8-6-15)19-12(2)3/h5-8,12-14,18H,4,9-11,17H2,1-3H3. The van der Waals surface area contributed by atoms with Crippen LogP contribution in [-0.2, 0) is 0 Å². The lowest BCUT2D eigenvalue weighted by Gasteiger charge is -2.21. The molecule has 108 valence electrons. The molecular formula is C16H27NO2. The second-order valence-corrected chi connectivity index (χ2v) is 5.36. The molecule has 3 N–H and O–H groups in total. The normalized spacial score (nSPS) is 14.4. The number of hydrogen-bond donors (Lipinski definition) is 2. The van der Waals surface area contributed by atoms with E-state index in [1.807, 2.05) is 26.0 Å². The van der Waals surface area contributed by atoms with Gasteiger partial charge in [-0.25, -0.2) is 0 Å². The minimum Gasteiger partial charge on any atom is -0.491 e. The highest BCUT2D eigenvalue weighted by Crippen LogP contribution is 2.28. The van der Waals surface area contributed by atoms with Crippen LogP contribution in [0.5, 0.6) is 5.75 Å². The zero-order chi connectivity index (χ0) is 14.3. The second kappa shape index (κ2) is 8.18. The largest absolute Gasteiger partial charge is 0.491 e. The fraction of sp³-hybridized carbons (Fsp3) is 0.625. The van der Waals surface area contributed by atoms with Crippen LogP contribution >= 0.6 is 0 Å². The first kappa shape index (κ1) is 16.0. The van der Waals surface area contributed by atoms with E-state index in [4.69, 9.17) is 10.5 Å². The molecule has 19 heavy (non-hydrogen) atoms. The highest BCUT2D eigenvalue weighted by molar-refractivity contribution is 5.29. The summed E-state index contributed by atoms with van der Waals surface area (Å²) in [6.07, 6.45) is 2.19. The van der Waals surface area contributed by atoms with E-state index in [-0.39, 0.29) is 18.6 Å². The van der Waals surface area contributed by atoms with Crippen molar-refractivity contribution in [3.63, 3.8) is 0 Å². The van der Waals surface area contributed by atoms with Crippen molar-refractivity contribution in [3.8, 4) is 5.75 Å². The van der Waals surface area contributed by atoms with Gasteiger partial charge < -0.3 is 15.6 Å². The van der Waals surface area contributed by atoms with Gasteiger partial charge in [0, 0.05) is 6.61 Å². The van der Waals surface area contributed by atoms with Crippen molar-refractivity contribution >= 4 is 0 Å². The van der Waals surface area contributed by atoms with Crippen molar-refractivity contribution in [2.24, 2.45) is 11.7 Å². The van der Waals surface area contributed by atoms with Crippen LogP contribution in [0.25, 0.3) is 0 Å². The zero-order valence-electron chi connectivity index (χ0n) is 12.3. The lowest BCUT2D eigenvalue weighted by Crippen LogP contribution is -2.20. The first-order chi connectivity index (χ1) is 9.10. The smallest absolute Gasteiger partial charge is 0.119 e. The summed E-state index contributed by atoms with van der Waals surface area (Å²) in [6.45, 7) is 6.93. The van der Waals surface area contributed by atoms with Gasteiger partial charge in [0.2, 0.25) is 0 Å². The van der Waals surface area contributed by atoms with E-state index in [9.17, 15) is 5.11 Å². The first-order valence-corrected chi connectivity index (χ1v) is 7.18. The van der Waals surface area contributed by atoms with Crippen molar-refractivity contribution < 1.29 is 9.84 Å².